The molecule has 0 amide bonds. The van der Waals surface area contributed by atoms with Crippen molar-refractivity contribution in [3.8, 4) is 0 Å². The van der Waals surface area contributed by atoms with Crippen molar-refractivity contribution >= 4 is 21.5 Å². The topological polar surface area (TPSA) is 82.5 Å². The van der Waals surface area contributed by atoms with E-state index >= 15 is 0 Å². The summed E-state index contributed by atoms with van der Waals surface area (Å²) in [7, 11) is -3.64. The van der Waals surface area contributed by atoms with Crippen LogP contribution in [0.25, 0.3) is 0 Å². The number of pyridine rings is 1. The number of hydrogen-bond acceptors (Lipinski definition) is 5. The van der Waals surface area contributed by atoms with Crippen molar-refractivity contribution in [3.63, 3.8) is 0 Å². The highest BCUT2D eigenvalue weighted by atomic mass is 32.2. The van der Waals surface area contributed by atoms with Crippen LogP contribution in [-0.4, -0.2) is 38.2 Å². The molecule has 0 bridgehead atoms. The van der Waals surface area contributed by atoms with Gasteiger partial charge in [-0.2, -0.15) is 0 Å². The Morgan fingerprint density at radius 3 is 2.48 bits per heavy atom. The van der Waals surface area contributed by atoms with E-state index in [2.05, 4.69) is 10.3 Å². The second-order valence-electron chi connectivity index (χ2n) is 4.89. The SMILES string of the molecule is CCN(c1ccccc1)S(=O)(=O)c1ccc(NCCCO)nc1. The first-order valence-electron chi connectivity index (χ1n) is 7.48. The van der Waals surface area contributed by atoms with Crippen LogP contribution >= 0.6 is 0 Å². The van der Waals surface area contributed by atoms with Gasteiger partial charge in [-0.05, 0) is 37.6 Å². The Labute approximate surface area is 136 Å². The Hall–Kier alpha value is -2.12. The Morgan fingerprint density at radius 2 is 1.91 bits per heavy atom. The van der Waals surface area contributed by atoms with Crippen molar-refractivity contribution < 1.29 is 13.5 Å². The van der Waals surface area contributed by atoms with Gasteiger partial charge in [-0.3, -0.25) is 4.31 Å². The molecular weight excluding hydrogens is 314 g/mol. The molecule has 0 spiro atoms. The van der Waals surface area contributed by atoms with Gasteiger partial charge in [0.05, 0.1) is 5.69 Å². The summed E-state index contributed by atoms with van der Waals surface area (Å²) in [5.41, 5.74) is 0.625. The molecule has 23 heavy (non-hydrogen) atoms. The number of rotatable bonds is 8. The van der Waals surface area contributed by atoms with E-state index < -0.39 is 10.0 Å². The van der Waals surface area contributed by atoms with Gasteiger partial charge in [0, 0.05) is 25.9 Å². The molecule has 2 N–H and O–H groups in total. The minimum atomic E-state index is -3.64. The molecule has 2 rings (SSSR count). The van der Waals surface area contributed by atoms with E-state index in [1.54, 1.807) is 37.3 Å². The predicted molar refractivity (Wildman–Crippen MR) is 91.1 cm³/mol. The zero-order valence-corrected chi connectivity index (χ0v) is 13.8. The number of sulfonamides is 1. The summed E-state index contributed by atoms with van der Waals surface area (Å²) in [6.45, 7) is 2.81. The monoisotopic (exact) mass is 335 g/mol. The van der Waals surface area contributed by atoms with E-state index in [1.165, 1.54) is 16.6 Å². The number of aliphatic hydroxyl groups excluding tert-OH is 1. The number of para-hydroxylation sites is 1. The molecule has 1 aromatic carbocycles. The van der Waals surface area contributed by atoms with Gasteiger partial charge in [0.25, 0.3) is 10.0 Å². The maximum Gasteiger partial charge on any atom is 0.265 e. The van der Waals surface area contributed by atoms with Gasteiger partial charge in [-0.25, -0.2) is 13.4 Å². The van der Waals surface area contributed by atoms with Crippen LogP contribution in [0.1, 0.15) is 13.3 Å². The highest BCUT2D eigenvalue weighted by molar-refractivity contribution is 7.92. The Bertz CT molecular complexity index is 703. The summed E-state index contributed by atoms with van der Waals surface area (Å²) >= 11 is 0. The molecular formula is C16H21N3O3S. The summed E-state index contributed by atoms with van der Waals surface area (Å²) in [5.74, 6) is 0.583. The molecule has 0 atom stereocenters. The molecule has 0 aliphatic carbocycles. The van der Waals surface area contributed by atoms with E-state index in [0.717, 1.165) is 0 Å². The van der Waals surface area contributed by atoms with Gasteiger partial charge in [0.15, 0.2) is 0 Å². The number of anilines is 2. The normalized spacial score (nSPS) is 11.2. The maximum atomic E-state index is 12.8. The van der Waals surface area contributed by atoms with Crippen molar-refractivity contribution in [1.82, 2.24) is 4.98 Å². The molecule has 7 heteroatoms. The lowest BCUT2D eigenvalue weighted by Crippen LogP contribution is -2.30. The number of aliphatic hydroxyl groups is 1. The molecule has 124 valence electrons. The van der Waals surface area contributed by atoms with Crippen LogP contribution in [0.4, 0.5) is 11.5 Å². The zero-order valence-electron chi connectivity index (χ0n) is 13.0. The Kier molecular flexibility index (Phi) is 5.95. The molecule has 6 nitrogen and oxygen atoms in total. The summed E-state index contributed by atoms with van der Waals surface area (Å²) in [5, 5.41) is 11.8. The van der Waals surface area contributed by atoms with E-state index in [1.807, 2.05) is 6.07 Å². The van der Waals surface area contributed by atoms with E-state index in [9.17, 15) is 8.42 Å². The average molecular weight is 335 g/mol. The molecule has 0 aliphatic rings. The van der Waals surface area contributed by atoms with Gasteiger partial charge in [0.2, 0.25) is 0 Å². The van der Waals surface area contributed by atoms with Gasteiger partial charge in [-0.1, -0.05) is 18.2 Å². The fraction of sp³-hybridized carbons (Fsp3) is 0.312. The molecule has 0 aliphatic heterocycles. The predicted octanol–water partition coefficient (Wildman–Crippen LogP) is 2.09. The third-order valence-electron chi connectivity index (χ3n) is 3.30. The van der Waals surface area contributed by atoms with Crippen LogP contribution in [0.5, 0.6) is 0 Å². The quantitative estimate of drug-likeness (QED) is 0.722. The second kappa shape index (κ2) is 7.94. The first-order valence-corrected chi connectivity index (χ1v) is 8.92. The number of benzene rings is 1. The summed E-state index contributed by atoms with van der Waals surface area (Å²) in [6.07, 6.45) is 1.96. The molecule has 0 radical (unpaired) electrons. The number of hydrogen-bond donors (Lipinski definition) is 2. The van der Waals surface area contributed by atoms with E-state index in [-0.39, 0.29) is 11.5 Å². The fourth-order valence-electron chi connectivity index (χ4n) is 2.15. The molecule has 2 aromatic rings. The van der Waals surface area contributed by atoms with Crippen LogP contribution in [0.3, 0.4) is 0 Å². The first kappa shape index (κ1) is 17.2. The minimum Gasteiger partial charge on any atom is -0.396 e. The minimum absolute atomic E-state index is 0.0992. The molecule has 0 fully saturated rings. The third kappa shape index (κ3) is 4.20. The Morgan fingerprint density at radius 1 is 1.17 bits per heavy atom. The van der Waals surface area contributed by atoms with Crippen molar-refractivity contribution in [2.75, 3.05) is 29.3 Å². The fourth-order valence-corrected chi connectivity index (χ4v) is 3.57. The number of nitrogens with one attached hydrogen (secondary N) is 1. The van der Waals surface area contributed by atoms with Gasteiger partial charge < -0.3 is 10.4 Å². The molecule has 1 aromatic heterocycles. The third-order valence-corrected chi connectivity index (χ3v) is 5.18. The molecule has 1 heterocycles. The highest BCUT2D eigenvalue weighted by Crippen LogP contribution is 2.23. The van der Waals surface area contributed by atoms with Crippen LogP contribution in [0, 0.1) is 0 Å². The van der Waals surface area contributed by atoms with E-state index in [4.69, 9.17) is 5.11 Å². The number of nitrogens with zero attached hydrogens (tertiary/aromatic N) is 2. The molecule has 0 unspecified atom stereocenters. The second-order valence-corrected chi connectivity index (χ2v) is 6.75. The van der Waals surface area contributed by atoms with Gasteiger partial charge in [0.1, 0.15) is 10.7 Å². The summed E-state index contributed by atoms with van der Waals surface area (Å²) in [6, 6.07) is 12.1. The average Bonchev–Trinajstić information content (AvgIpc) is 2.57. The van der Waals surface area contributed by atoms with Crippen molar-refractivity contribution in [1.29, 1.82) is 0 Å². The van der Waals surface area contributed by atoms with Gasteiger partial charge in [-0.15, -0.1) is 0 Å². The van der Waals surface area contributed by atoms with E-state index in [0.29, 0.717) is 31.0 Å². The lowest BCUT2D eigenvalue weighted by molar-refractivity contribution is 0.292. The molecule has 0 saturated heterocycles. The summed E-state index contributed by atoms with van der Waals surface area (Å²) < 4.78 is 26.9. The number of aromatic nitrogens is 1. The standard InChI is InChI=1S/C16H21N3O3S/c1-2-19(14-7-4-3-5-8-14)23(21,22)15-9-10-16(18-13-15)17-11-6-12-20/h3-5,7-10,13,20H,2,6,11-12H2,1H3,(H,17,18). The zero-order chi connectivity index (χ0) is 16.7. The van der Waals surface area contributed by atoms with Gasteiger partial charge >= 0.3 is 0 Å². The van der Waals surface area contributed by atoms with Crippen molar-refractivity contribution in [2.45, 2.75) is 18.2 Å². The van der Waals surface area contributed by atoms with Crippen molar-refractivity contribution in [2.24, 2.45) is 0 Å². The smallest absolute Gasteiger partial charge is 0.265 e. The first-order chi connectivity index (χ1) is 11.1. The Balaban J connectivity index is 2.21. The van der Waals surface area contributed by atoms with Crippen LogP contribution < -0.4 is 9.62 Å². The highest BCUT2D eigenvalue weighted by Gasteiger charge is 2.23. The summed E-state index contributed by atoms with van der Waals surface area (Å²) in [4.78, 5) is 4.28. The lowest BCUT2D eigenvalue weighted by atomic mass is 10.3. The van der Waals surface area contributed by atoms with Crippen LogP contribution in [-0.2, 0) is 10.0 Å². The lowest BCUT2D eigenvalue weighted by Gasteiger charge is -2.22. The van der Waals surface area contributed by atoms with Crippen LogP contribution in [0.2, 0.25) is 0 Å². The van der Waals surface area contributed by atoms with Crippen LogP contribution in [0.15, 0.2) is 53.6 Å². The molecule has 0 saturated carbocycles. The largest absolute Gasteiger partial charge is 0.396 e. The van der Waals surface area contributed by atoms with Crippen molar-refractivity contribution in [3.05, 3.63) is 48.7 Å². The maximum absolute atomic E-state index is 12.8.